The van der Waals surface area contributed by atoms with Crippen molar-refractivity contribution in [3.05, 3.63) is 33.9 Å². The van der Waals surface area contributed by atoms with Crippen molar-refractivity contribution in [2.24, 2.45) is 5.92 Å². The topological polar surface area (TPSA) is 29.5 Å². The van der Waals surface area contributed by atoms with Gasteiger partial charge in [0.05, 0.1) is 12.2 Å². The molecular formula is C15H22O2. The molecular weight excluding hydrogens is 212 g/mol. The van der Waals surface area contributed by atoms with Crippen LogP contribution in [0.3, 0.4) is 0 Å². The number of aliphatic hydroxyl groups is 1. The molecule has 0 amide bonds. The molecule has 0 fully saturated rings. The maximum atomic E-state index is 10.00. The first-order valence-electron chi connectivity index (χ1n) is 6.31. The van der Waals surface area contributed by atoms with Crippen molar-refractivity contribution in [1.82, 2.24) is 0 Å². The summed E-state index contributed by atoms with van der Waals surface area (Å²) in [6.45, 7) is 8.27. The summed E-state index contributed by atoms with van der Waals surface area (Å²) < 4.78 is 5.60. The second kappa shape index (κ2) is 4.43. The highest BCUT2D eigenvalue weighted by molar-refractivity contribution is 5.49. The minimum Gasteiger partial charge on any atom is -0.389 e. The van der Waals surface area contributed by atoms with Gasteiger partial charge in [-0.25, -0.2) is 0 Å². The normalized spacial score (nSPS) is 24.8. The van der Waals surface area contributed by atoms with Crippen LogP contribution in [0.5, 0.6) is 0 Å². The van der Waals surface area contributed by atoms with E-state index in [0.29, 0.717) is 5.92 Å². The standard InChI is InChI=1S/C15H22O2/c1-8-6-13-12(7-9(2)15(13)17-5)14(10(8)3)11(4)16/h6,9,11,15-16H,7H2,1-5H3. The molecule has 3 atom stereocenters. The first kappa shape index (κ1) is 12.6. The summed E-state index contributed by atoms with van der Waals surface area (Å²) >= 11 is 0. The van der Waals surface area contributed by atoms with E-state index in [2.05, 4.69) is 26.8 Å². The maximum absolute atomic E-state index is 10.00. The smallest absolute Gasteiger partial charge is 0.0852 e. The lowest BCUT2D eigenvalue weighted by atomic mass is 9.91. The van der Waals surface area contributed by atoms with E-state index in [-0.39, 0.29) is 6.10 Å². The molecule has 0 bridgehead atoms. The summed E-state index contributed by atoms with van der Waals surface area (Å²) in [5.74, 6) is 0.494. The second-order valence-corrected chi connectivity index (χ2v) is 5.31. The van der Waals surface area contributed by atoms with Crippen LogP contribution in [0.1, 0.15) is 53.9 Å². The molecule has 0 aliphatic heterocycles. The van der Waals surface area contributed by atoms with Crippen LogP contribution in [-0.4, -0.2) is 12.2 Å². The number of rotatable bonds is 2. The van der Waals surface area contributed by atoms with Crippen LogP contribution in [-0.2, 0) is 11.2 Å². The number of aryl methyl sites for hydroxylation is 1. The largest absolute Gasteiger partial charge is 0.389 e. The van der Waals surface area contributed by atoms with Crippen molar-refractivity contribution in [3.8, 4) is 0 Å². The van der Waals surface area contributed by atoms with Crippen LogP contribution in [0, 0.1) is 19.8 Å². The van der Waals surface area contributed by atoms with Gasteiger partial charge in [-0.1, -0.05) is 13.0 Å². The number of methoxy groups -OCH3 is 1. The van der Waals surface area contributed by atoms with Crippen molar-refractivity contribution in [2.75, 3.05) is 7.11 Å². The minimum absolute atomic E-state index is 0.182. The van der Waals surface area contributed by atoms with E-state index >= 15 is 0 Å². The average Bonchev–Trinajstić information content (AvgIpc) is 2.54. The van der Waals surface area contributed by atoms with Crippen LogP contribution >= 0.6 is 0 Å². The Bertz CT molecular complexity index is 435. The number of benzene rings is 1. The third-order valence-electron chi connectivity index (χ3n) is 4.06. The van der Waals surface area contributed by atoms with E-state index in [1.807, 2.05) is 6.92 Å². The van der Waals surface area contributed by atoms with Crippen molar-refractivity contribution in [2.45, 2.75) is 46.3 Å². The monoisotopic (exact) mass is 234 g/mol. The highest BCUT2D eigenvalue weighted by atomic mass is 16.5. The third-order valence-corrected chi connectivity index (χ3v) is 4.06. The van der Waals surface area contributed by atoms with Crippen LogP contribution in [0.15, 0.2) is 6.07 Å². The van der Waals surface area contributed by atoms with E-state index in [4.69, 9.17) is 4.74 Å². The average molecular weight is 234 g/mol. The summed E-state index contributed by atoms with van der Waals surface area (Å²) in [5.41, 5.74) is 6.17. The molecule has 0 saturated carbocycles. The summed E-state index contributed by atoms with van der Waals surface area (Å²) in [6.07, 6.45) is 0.795. The van der Waals surface area contributed by atoms with Gasteiger partial charge in [0.15, 0.2) is 0 Å². The van der Waals surface area contributed by atoms with Crippen molar-refractivity contribution in [3.63, 3.8) is 0 Å². The second-order valence-electron chi connectivity index (χ2n) is 5.31. The van der Waals surface area contributed by atoms with Crippen LogP contribution in [0.2, 0.25) is 0 Å². The molecule has 0 saturated heterocycles. The summed E-state index contributed by atoms with van der Waals surface area (Å²) in [7, 11) is 1.77. The highest BCUT2D eigenvalue weighted by Crippen LogP contribution is 2.43. The summed E-state index contributed by atoms with van der Waals surface area (Å²) in [6, 6.07) is 2.23. The van der Waals surface area contributed by atoms with Gasteiger partial charge in [0.1, 0.15) is 0 Å². The van der Waals surface area contributed by atoms with E-state index in [0.717, 1.165) is 12.0 Å². The molecule has 0 heterocycles. The fourth-order valence-corrected chi connectivity index (χ4v) is 3.16. The van der Waals surface area contributed by atoms with Gasteiger partial charge in [0.2, 0.25) is 0 Å². The zero-order valence-electron chi connectivity index (χ0n) is 11.4. The van der Waals surface area contributed by atoms with Gasteiger partial charge >= 0.3 is 0 Å². The Hall–Kier alpha value is -0.860. The summed E-state index contributed by atoms with van der Waals surface area (Å²) in [4.78, 5) is 0. The lowest BCUT2D eigenvalue weighted by Gasteiger charge is -2.19. The Morgan fingerprint density at radius 2 is 2.06 bits per heavy atom. The summed E-state index contributed by atoms with van der Waals surface area (Å²) in [5, 5.41) is 10.00. The Morgan fingerprint density at radius 1 is 1.41 bits per heavy atom. The number of ether oxygens (including phenoxy) is 1. The molecule has 1 aromatic rings. The number of hydrogen-bond acceptors (Lipinski definition) is 2. The Kier molecular flexibility index (Phi) is 3.28. The molecule has 0 radical (unpaired) electrons. The minimum atomic E-state index is -0.397. The van der Waals surface area contributed by atoms with Gasteiger partial charge in [-0.05, 0) is 60.9 Å². The van der Waals surface area contributed by atoms with Gasteiger partial charge in [-0.3, -0.25) is 0 Å². The SMILES string of the molecule is COC1c2cc(C)c(C)c(C(C)O)c2CC1C. The molecule has 0 aromatic heterocycles. The van der Waals surface area contributed by atoms with Crippen molar-refractivity contribution >= 4 is 0 Å². The lowest BCUT2D eigenvalue weighted by molar-refractivity contribution is 0.0695. The molecule has 94 valence electrons. The fraction of sp³-hybridized carbons (Fsp3) is 0.600. The van der Waals surface area contributed by atoms with Gasteiger partial charge < -0.3 is 9.84 Å². The Labute approximate surface area is 104 Å². The third kappa shape index (κ3) is 1.90. The molecule has 17 heavy (non-hydrogen) atoms. The zero-order valence-corrected chi connectivity index (χ0v) is 11.4. The van der Waals surface area contributed by atoms with E-state index in [1.165, 1.54) is 22.3 Å². The van der Waals surface area contributed by atoms with E-state index < -0.39 is 6.10 Å². The molecule has 1 aliphatic carbocycles. The predicted molar refractivity (Wildman–Crippen MR) is 69.2 cm³/mol. The Morgan fingerprint density at radius 3 is 2.59 bits per heavy atom. The lowest BCUT2D eigenvalue weighted by Crippen LogP contribution is -2.06. The Balaban J connectivity index is 2.64. The van der Waals surface area contributed by atoms with Gasteiger partial charge in [-0.15, -0.1) is 0 Å². The van der Waals surface area contributed by atoms with E-state index in [9.17, 15) is 5.11 Å². The molecule has 2 heteroatoms. The maximum Gasteiger partial charge on any atom is 0.0852 e. The molecule has 2 rings (SSSR count). The fourth-order valence-electron chi connectivity index (χ4n) is 3.16. The quantitative estimate of drug-likeness (QED) is 0.851. The number of aliphatic hydroxyl groups excluding tert-OH is 1. The molecule has 1 aromatic carbocycles. The molecule has 3 unspecified atom stereocenters. The van der Waals surface area contributed by atoms with Crippen molar-refractivity contribution in [1.29, 1.82) is 0 Å². The molecule has 2 nitrogen and oxygen atoms in total. The molecule has 1 aliphatic rings. The molecule has 0 spiro atoms. The first-order valence-corrected chi connectivity index (χ1v) is 6.31. The number of hydrogen-bond donors (Lipinski definition) is 1. The number of fused-ring (bicyclic) bond motifs is 1. The van der Waals surface area contributed by atoms with E-state index in [1.54, 1.807) is 7.11 Å². The van der Waals surface area contributed by atoms with Gasteiger partial charge in [-0.2, -0.15) is 0 Å². The van der Waals surface area contributed by atoms with Crippen LogP contribution < -0.4 is 0 Å². The predicted octanol–water partition coefficient (Wildman–Crippen LogP) is 3.24. The first-order chi connectivity index (χ1) is 7.97. The van der Waals surface area contributed by atoms with Gasteiger partial charge in [0.25, 0.3) is 0 Å². The highest BCUT2D eigenvalue weighted by Gasteiger charge is 2.33. The van der Waals surface area contributed by atoms with Crippen molar-refractivity contribution < 1.29 is 9.84 Å². The zero-order chi connectivity index (χ0) is 12.7. The molecule has 1 N–H and O–H groups in total. The van der Waals surface area contributed by atoms with Gasteiger partial charge in [0, 0.05) is 7.11 Å². The van der Waals surface area contributed by atoms with Crippen LogP contribution in [0.4, 0.5) is 0 Å². The van der Waals surface area contributed by atoms with Crippen LogP contribution in [0.25, 0.3) is 0 Å².